The van der Waals surface area contributed by atoms with Crippen molar-refractivity contribution in [2.24, 2.45) is 0 Å². The Hall–Kier alpha value is -1.14. The molecule has 1 fully saturated rings. The van der Waals surface area contributed by atoms with E-state index in [1.807, 2.05) is 0 Å². The van der Waals surface area contributed by atoms with Crippen LogP contribution in [0.25, 0.3) is 0 Å². The molecule has 4 N–H and O–H groups in total. The van der Waals surface area contributed by atoms with Gasteiger partial charge in [0.25, 0.3) is 0 Å². The van der Waals surface area contributed by atoms with Crippen molar-refractivity contribution in [3.05, 3.63) is 17.0 Å². The van der Waals surface area contributed by atoms with Crippen molar-refractivity contribution in [3.63, 3.8) is 0 Å². The third-order valence-electron chi connectivity index (χ3n) is 2.95. The Bertz CT molecular complexity index is 433. The minimum Gasteiger partial charge on any atom is -0.382 e. The number of nitrogens with zero attached hydrogens (tertiary/aromatic N) is 2. The second-order valence-corrected chi connectivity index (χ2v) is 5.13. The van der Waals surface area contributed by atoms with Crippen LogP contribution >= 0.6 is 23.8 Å². The standard InChI is InChI=1S/C11H16ClN5S/c12-9-6-14-10(13)8(17-9)5-15-11(18)16-7-3-1-2-4-7/h6-7H,1-5H2,(H2,13,14)(H2,15,16,18). The van der Waals surface area contributed by atoms with Gasteiger partial charge in [-0.3, -0.25) is 0 Å². The first-order valence-electron chi connectivity index (χ1n) is 5.96. The molecular formula is C11H16ClN5S. The molecule has 0 saturated heterocycles. The lowest BCUT2D eigenvalue weighted by molar-refractivity contribution is 0.620. The van der Waals surface area contributed by atoms with Crippen molar-refractivity contribution in [1.82, 2.24) is 20.6 Å². The van der Waals surface area contributed by atoms with Crippen molar-refractivity contribution in [3.8, 4) is 0 Å². The number of nitrogen functional groups attached to an aromatic ring is 1. The maximum Gasteiger partial charge on any atom is 0.166 e. The summed E-state index contributed by atoms with van der Waals surface area (Å²) in [6.07, 6.45) is 6.33. The van der Waals surface area contributed by atoms with Crippen LogP contribution in [0.3, 0.4) is 0 Å². The summed E-state index contributed by atoms with van der Waals surface area (Å²) in [4.78, 5) is 8.04. The van der Waals surface area contributed by atoms with E-state index >= 15 is 0 Å². The Balaban J connectivity index is 1.83. The van der Waals surface area contributed by atoms with Gasteiger partial charge in [-0.25, -0.2) is 9.97 Å². The van der Waals surface area contributed by atoms with Gasteiger partial charge in [-0.1, -0.05) is 24.4 Å². The topological polar surface area (TPSA) is 75.9 Å². The zero-order chi connectivity index (χ0) is 13.0. The van der Waals surface area contributed by atoms with Crippen LogP contribution in [-0.4, -0.2) is 21.1 Å². The van der Waals surface area contributed by atoms with E-state index in [9.17, 15) is 0 Å². The summed E-state index contributed by atoms with van der Waals surface area (Å²) < 4.78 is 0. The van der Waals surface area contributed by atoms with E-state index in [2.05, 4.69) is 20.6 Å². The van der Waals surface area contributed by atoms with E-state index in [-0.39, 0.29) is 0 Å². The molecule has 1 saturated carbocycles. The molecule has 7 heteroatoms. The molecule has 0 amide bonds. The second-order valence-electron chi connectivity index (χ2n) is 4.33. The molecule has 1 aliphatic rings. The van der Waals surface area contributed by atoms with Gasteiger partial charge in [0.1, 0.15) is 16.7 Å². The van der Waals surface area contributed by atoms with Gasteiger partial charge in [0.2, 0.25) is 0 Å². The maximum absolute atomic E-state index is 5.76. The molecule has 5 nitrogen and oxygen atoms in total. The fourth-order valence-electron chi connectivity index (χ4n) is 2.01. The summed E-state index contributed by atoms with van der Waals surface area (Å²) in [5.74, 6) is 0.371. The Labute approximate surface area is 117 Å². The monoisotopic (exact) mass is 285 g/mol. The van der Waals surface area contributed by atoms with Gasteiger partial charge >= 0.3 is 0 Å². The number of hydrogen-bond donors (Lipinski definition) is 3. The normalized spacial score (nSPS) is 15.6. The van der Waals surface area contributed by atoms with Crippen LogP contribution in [0.1, 0.15) is 31.4 Å². The summed E-state index contributed by atoms with van der Waals surface area (Å²) in [5.41, 5.74) is 6.31. The lowest BCUT2D eigenvalue weighted by Gasteiger charge is -2.15. The number of hydrogen-bond acceptors (Lipinski definition) is 4. The highest BCUT2D eigenvalue weighted by Crippen LogP contribution is 2.17. The lowest BCUT2D eigenvalue weighted by Crippen LogP contribution is -2.40. The van der Waals surface area contributed by atoms with Crippen LogP contribution in [0.4, 0.5) is 5.82 Å². The van der Waals surface area contributed by atoms with E-state index in [0.717, 1.165) is 0 Å². The van der Waals surface area contributed by atoms with Gasteiger partial charge in [0, 0.05) is 6.04 Å². The largest absolute Gasteiger partial charge is 0.382 e. The van der Waals surface area contributed by atoms with Crippen LogP contribution in [0.15, 0.2) is 6.20 Å². The van der Waals surface area contributed by atoms with Gasteiger partial charge in [-0.05, 0) is 25.1 Å². The predicted octanol–water partition coefficient (Wildman–Crippen LogP) is 1.62. The summed E-state index contributed by atoms with van der Waals surface area (Å²) in [6, 6.07) is 0.493. The van der Waals surface area contributed by atoms with Crippen molar-refractivity contribution in [2.75, 3.05) is 5.73 Å². The highest BCUT2D eigenvalue weighted by atomic mass is 35.5. The molecule has 98 valence electrons. The van der Waals surface area contributed by atoms with E-state index in [1.165, 1.54) is 31.9 Å². The Morgan fingerprint density at radius 2 is 2.22 bits per heavy atom. The average Bonchev–Trinajstić information content (AvgIpc) is 2.83. The molecule has 1 aromatic rings. The van der Waals surface area contributed by atoms with Crippen LogP contribution < -0.4 is 16.4 Å². The molecule has 18 heavy (non-hydrogen) atoms. The molecule has 0 aliphatic heterocycles. The van der Waals surface area contributed by atoms with E-state index < -0.39 is 0 Å². The Morgan fingerprint density at radius 3 is 2.94 bits per heavy atom. The molecule has 0 unspecified atom stereocenters. The van der Waals surface area contributed by atoms with E-state index in [0.29, 0.717) is 34.4 Å². The predicted molar refractivity (Wildman–Crippen MR) is 76.3 cm³/mol. The molecule has 1 aromatic heterocycles. The summed E-state index contributed by atoms with van der Waals surface area (Å²) in [5, 5.41) is 7.31. The van der Waals surface area contributed by atoms with Gasteiger partial charge in [0.15, 0.2) is 5.11 Å². The van der Waals surface area contributed by atoms with E-state index in [4.69, 9.17) is 29.6 Å². The number of nitrogens with one attached hydrogen (secondary N) is 2. The molecule has 0 atom stereocenters. The van der Waals surface area contributed by atoms with Crippen LogP contribution in [0, 0.1) is 0 Å². The summed E-state index contributed by atoms with van der Waals surface area (Å²) >= 11 is 11.0. The van der Waals surface area contributed by atoms with Crippen molar-refractivity contribution in [2.45, 2.75) is 38.3 Å². The Morgan fingerprint density at radius 1 is 1.50 bits per heavy atom. The number of aromatic nitrogens is 2. The number of thiocarbonyl (C=S) groups is 1. The summed E-state index contributed by atoms with van der Waals surface area (Å²) in [6.45, 7) is 0.429. The molecule has 0 aromatic carbocycles. The first-order valence-corrected chi connectivity index (χ1v) is 6.75. The number of rotatable bonds is 3. The van der Waals surface area contributed by atoms with Gasteiger partial charge in [-0.15, -0.1) is 0 Å². The molecule has 0 radical (unpaired) electrons. The second kappa shape index (κ2) is 6.15. The van der Waals surface area contributed by atoms with Crippen molar-refractivity contribution in [1.29, 1.82) is 0 Å². The number of anilines is 1. The minimum atomic E-state index is 0.329. The maximum atomic E-state index is 5.76. The molecule has 0 bridgehead atoms. The van der Waals surface area contributed by atoms with Crippen molar-refractivity contribution >= 4 is 34.7 Å². The lowest BCUT2D eigenvalue weighted by atomic mass is 10.3. The van der Waals surface area contributed by atoms with Crippen LogP contribution in [0.2, 0.25) is 5.15 Å². The number of nitrogens with two attached hydrogens (primary N) is 1. The van der Waals surface area contributed by atoms with Crippen molar-refractivity contribution < 1.29 is 0 Å². The third-order valence-corrected chi connectivity index (χ3v) is 3.40. The summed E-state index contributed by atoms with van der Waals surface area (Å²) in [7, 11) is 0. The smallest absolute Gasteiger partial charge is 0.166 e. The third kappa shape index (κ3) is 3.68. The minimum absolute atomic E-state index is 0.329. The molecule has 2 rings (SSSR count). The first kappa shape index (κ1) is 13.3. The fraction of sp³-hybridized carbons (Fsp3) is 0.545. The van der Waals surface area contributed by atoms with Crippen LogP contribution in [-0.2, 0) is 6.54 Å². The van der Waals surface area contributed by atoms with Gasteiger partial charge < -0.3 is 16.4 Å². The van der Waals surface area contributed by atoms with Gasteiger partial charge in [0.05, 0.1) is 12.7 Å². The Kier molecular flexibility index (Phi) is 4.54. The molecule has 0 spiro atoms. The van der Waals surface area contributed by atoms with Crippen LogP contribution in [0.5, 0.6) is 0 Å². The highest BCUT2D eigenvalue weighted by Gasteiger charge is 2.15. The first-order chi connectivity index (χ1) is 8.65. The average molecular weight is 286 g/mol. The number of halogens is 1. The quantitative estimate of drug-likeness (QED) is 0.733. The zero-order valence-electron chi connectivity index (χ0n) is 9.95. The van der Waals surface area contributed by atoms with Gasteiger partial charge in [-0.2, -0.15) is 0 Å². The zero-order valence-corrected chi connectivity index (χ0v) is 11.5. The fourth-order valence-corrected chi connectivity index (χ4v) is 2.40. The molecule has 1 aliphatic carbocycles. The SMILES string of the molecule is Nc1ncc(Cl)nc1CNC(=S)NC1CCCC1. The highest BCUT2D eigenvalue weighted by molar-refractivity contribution is 7.80. The van der Waals surface area contributed by atoms with E-state index in [1.54, 1.807) is 0 Å². The molecular weight excluding hydrogens is 270 g/mol. The molecule has 1 heterocycles.